The van der Waals surface area contributed by atoms with Gasteiger partial charge in [0, 0.05) is 12.1 Å². The number of halogens is 2. The van der Waals surface area contributed by atoms with E-state index in [4.69, 9.17) is 0 Å². The molecule has 1 aromatic rings. The highest BCUT2D eigenvalue weighted by Crippen LogP contribution is 2.42. The van der Waals surface area contributed by atoms with Gasteiger partial charge in [0.1, 0.15) is 5.82 Å². The summed E-state index contributed by atoms with van der Waals surface area (Å²) in [6.45, 7) is 5.15. The summed E-state index contributed by atoms with van der Waals surface area (Å²) < 4.78 is 13.9. The molecule has 0 saturated heterocycles. The lowest BCUT2D eigenvalue weighted by Gasteiger charge is -2.31. The standard InChI is InChI=1S/C17H23BrFNO/c1-12(2)10-17(7-3-4-8-17)11-20-16(21)13-5-6-14(18)15(19)9-13/h5-6,9,12H,3-4,7-8,10-11H2,1-2H3,(H,20,21). The number of carbonyl (C=O) groups is 1. The normalized spacial score (nSPS) is 17.2. The van der Waals surface area contributed by atoms with Crippen LogP contribution in [-0.4, -0.2) is 12.5 Å². The van der Waals surface area contributed by atoms with Crippen LogP contribution in [0.25, 0.3) is 0 Å². The molecule has 0 aromatic heterocycles. The third-order valence-electron chi connectivity index (χ3n) is 4.31. The molecule has 0 bridgehead atoms. The Morgan fingerprint density at radius 1 is 1.38 bits per heavy atom. The van der Waals surface area contributed by atoms with Crippen molar-refractivity contribution in [2.75, 3.05) is 6.54 Å². The van der Waals surface area contributed by atoms with E-state index < -0.39 is 5.82 Å². The Balaban J connectivity index is 2.00. The number of rotatable bonds is 5. The summed E-state index contributed by atoms with van der Waals surface area (Å²) in [5.41, 5.74) is 0.617. The molecule has 1 aliphatic rings. The average molecular weight is 356 g/mol. The van der Waals surface area contributed by atoms with Crippen molar-refractivity contribution in [1.82, 2.24) is 5.32 Å². The van der Waals surface area contributed by atoms with Crippen LogP contribution >= 0.6 is 15.9 Å². The predicted molar refractivity (Wildman–Crippen MR) is 86.8 cm³/mol. The molecule has 0 aliphatic heterocycles. The van der Waals surface area contributed by atoms with Crippen LogP contribution in [0.15, 0.2) is 22.7 Å². The molecular weight excluding hydrogens is 333 g/mol. The van der Waals surface area contributed by atoms with E-state index >= 15 is 0 Å². The zero-order chi connectivity index (χ0) is 15.5. The second-order valence-electron chi connectivity index (χ2n) is 6.62. The van der Waals surface area contributed by atoms with Gasteiger partial charge in [-0.3, -0.25) is 4.79 Å². The third-order valence-corrected chi connectivity index (χ3v) is 4.95. The van der Waals surface area contributed by atoms with Gasteiger partial charge < -0.3 is 5.32 Å². The van der Waals surface area contributed by atoms with Gasteiger partial charge in [-0.05, 0) is 64.7 Å². The third kappa shape index (κ3) is 4.29. The number of hydrogen-bond donors (Lipinski definition) is 1. The van der Waals surface area contributed by atoms with Crippen LogP contribution in [0.1, 0.15) is 56.3 Å². The summed E-state index contributed by atoms with van der Waals surface area (Å²) >= 11 is 3.10. The Kier molecular flexibility index (Phi) is 5.42. The molecular formula is C17H23BrFNO. The topological polar surface area (TPSA) is 29.1 Å². The fraction of sp³-hybridized carbons (Fsp3) is 0.588. The zero-order valence-electron chi connectivity index (χ0n) is 12.7. The van der Waals surface area contributed by atoms with Gasteiger partial charge in [-0.1, -0.05) is 26.7 Å². The monoisotopic (exact) mass is 355 g/mol. The molecule has 1 aliphatic carbocycles. The van der Waals surface area contributed by atoms with Gasteiger partial charge in [0.25, 0.3) is 5.91 Å². The number of nitrogens with one attached hydrogen (secondary N) is 1. The molecule has 116 valence electrons. The number of hydrogen-bond acceptors (Lipinski definition) is 1. The highest BCUT2D eigenvalue weighted by Gasteiger charge is 2.34. The second kappa shape index (κ2) is 6.91. The quantitative estimate of drug-likeness (QED) is 0.797. The summed E-state index contributed by atoms with van der Waals surface area (Å²) in [6.07, 6.45) is 5.99. The van der Waals surface area contributed by atoms with Crippen LogP contribution in [0.4, 0.5) is 4.39 Å². The van der Waals surface area contributed by atoms with E-state index in [0.29, 0.717) is 22.5 Å². The SMILES string of the molecule is CC(C)CC1(CNC(=O)c2ccc(Br)c(F)c2)CCCC1. The summed E-state index contributed by atoms with van der Waals surface area (Å²) in [7, 11) is 0. The lowest BCUT2D eigenvalue weighted by Crippen LogP contribution is -2.36. The number of benzene rings is 1. The lowest BCUT2D eigenvalue weighted by molar-refractivity contribution is 0.0921. The van der Waals surface area contributed by atoms with Crippen LogP contribution in [0.3, 0.4) is 0 Å². The maximum Gasteiger partial charge on any atom is 0.251 e. The fourth-order valence-electron chi connectivity index (χ4n) is 3.45. The van der Waals surface area contributed by atoms with E-state index in [1.165, 1.54) is 31.7 Å². The van der Waals surface area contributed by atoms with Crippen LogP contribution in [-0.2, 0) is 0 Å². The summed E-state index contributed by atoms with van der Waals surface area (Å²) in [4.78, 5) is 12.2. The molecule has 0 heterocycles. The Labute approximate surface area is 134 Å². The smallest absolute Gasteiger partial charge is 0.251 e. The number of amides is 1. The van der Waals surface area contributed by atoms with Gasteiger partial charge in [0.2, 0.25) is 0 Å². The Bertz CT molecular complexity index is 510. The van der Waals surface area contributed by atoms with Crippen molar-refractivity contribution in [3.05, 3.63) is 34.1 Å². The van der Waals surface area contributed by atoms with E-state index in [2.05, 4.69) is 35.1 Å². The molecule has 1 amide bonds. The van der Waals surface area contributed by atoms with Gasteiger partial charge in [-0.15, -0.1) is 0 Å². The van der Waals surface area contributed by atoms with Crippen LogP contribution in [0, 0.1) is 17.2 Å². The minimum absolute atomic E-state index is 0.184. The van der Waals surface area contributed by atoms with Crippen molar-refractivity contribution in [2.45, 2.75) is 46.0 Å². The first-order valence-electron chi connectivity index (χ1n) is 7.65. The lowest BCUT2D eigenvalue weighted by atomic mass is 9.78. The maximum atomic E-state index is 13.5. The van der Waals surface area contributed by atoms with E-state index in [0.717, 1.165) is 6.42 Å². The van der Waals surface area contributed by atoms with E-state index in [1.807, 2.05) is 0 Å². The van der Waals surface area contributed by atoms with Crippen LogP contribution < -0.4 is 5.32 Å². The van der Waals surface area contributed by atoms with Crippen molar-refractivity contribution in [3.8, 4) is 0 Å². The molecule has 21 heavy (non-hydrogen) atoms. The zero-order valence-corrected chi connectivity index (χ0v) is 14.3. The molecule has 0 atom stereocenters. The molecule has 0 radical (unpaired) electrons. The summed E-state index contributed by atoms with van der Waals surface area (Å²) in [5.74, 6) is 0.0435. The van der Waals surface area contributed by atoms with Crippen molar-refractivity contribution in [1.29, 1.82) is 0 Å². The fourth-order valence-corrected chi connectivity index (χ4v) is 3.70. The Morgan fingerprint density at radius 2 is 2.05 bits per heavy atom. The minimum Gasteiger partial charge on any atom is -0.351 e. The molecule has 2 rings (SSSR count). The van der Waals surface area contributed by atoms with Gasteiger partial charge in [-0.2, -0.15) is 0 Å². The van der Waals surface area contributed by atoms with Gasteiger partial charge in [-0.25, -0.2) is 4.39 Å². The van der Waals surface area contributed by atoms with Gasteiger partial charge >= 0.3 is 0 Å². The van der Waals surface area contributed by atoms with Crippen molar-refractivity contribution >= 4 is 21.8 Å². The largest absolute Gasteiger partial charge is 0.351 e. The molecule has 2 nitrogen and oxygen atoms in total. The first kappa shape index (κ1) is 16.5. The first-order valence-corrected chi connectivity index (χ1v) is 8.44. The summed E-state index contributed by atoms with van der Waals surface area (Å²) in [6, 6.07) is 4.50. The van der Waals surface area contributed by atoms with Crippen molar-refractivity contribution in [3.63, 3.8) is 0 Å². The molecule has 0 unspecified atom stereocenters. The Morgan fingerprint density at radius 3 is 2.62 bits per heavy atom. The van der Waals surface area contributed by atoms with Crippen LogP contribution in [0.2, 0.25) is 0 Å². The maximum absolute atomic E-state index is 13.5. The second-order valence-corrected chi connectivity index (χ2v) is 7.47. The highest BCUT2D eigenvalue weighted by molar-refractivity contribution is 9.10. The summed E-state index contributed by atoms with van der Waals surface area (Å²) in [5, 5.41) is 3.01. The van der Waals surface area contributed by atoms with E-state index in [1.54, 1.807) is 12.1 Å². The molecule has 0 spiro atoms. The minimum atomic E-state index is -0.402. The Hall–Kier alpha value is -0.900. The van der Waals surface area contributed by atoms with Gasteiger partial charge in [0.15, 0.2) is 0 Å². The van der Waals surface area contributed by atoms with Crippen molar-refractivity contribution in [2.24, 2.45) is 11.3 Å². The number of carbonyl (C=O) groups excluding carboxylic acids is 1. The molecule has 4 heteroatoms. The molecule has 1 aromatic carbocycles. The average Bonchev–Trinajstić information content (AvgIpc) is 2.87. The van der Waals surface area contributed by atoms with Crippen LogP contribution in [0.5, 0.6) is 0 Å². The molecule has 1 saturated carbocycles. The highest BCUT2D eigenvalue weighted by atomic mass is 79.9. The first-order chi connectivity index (χ1) is 9.92. The van der Waals surface area contributed by atoms with E-state index in [-0.39, 0.29) is 11.3 Å². The molecule has 1 N–H and O–H groups in total. The van der Waals surface area contributed by atoms with Gasteiger partial charge in [0.05, 0.1) is 4.47 Å². The molecule has 1 fully saturated rings. The predicted octanol–water partition coefficient (Wildman–Crippen LogP) is 4.92. The van der Waals surface area contributed by atoms with E-state index in [9.17, 15) is 9.18 Å². The van der Waals surface area contributed by atoms with Crippen molar-refractivity contribution < 1.29 is 9.18 Å².